The Labute approximate surface area is 174 Å². The van der Waals surface area contributed by atoms with Crippen LogP contribution in [-0.4, -0.2) is 36.6 Å². The minimum Gasteiger partial charge on any atom is -0.367 e. The monoisotopic (exact) mass is 409 g/mol. The molecule has 0 aliphatic carbocycles. The summed E-state index contributed by atoms with van der Waals surface area (Å²) in [6.45, 7) is 4.53. The Morgan fingerprint density at radius 3 is 2.90 bits per heavy atom. The van der Waals surface area contributed by atoms with Crippen molar-refractivity contribution in [3.8, 4) is 0 Å². The van der Waals surface area contributed by atoms with E-state index in [0.717, 1.165) is 35.5 Å². The van der Waals surface area contributed by atoms with Gasteiger partial charge in [-0.15, -0.1) is 0 Å². The largest absolute Gasteiger partial charge is 0.367 e. The minimum atomic E-state index is -0.561. The van der Waals surface area contributed by atoms with E-state index in [1.54, 1.807) is 6.20 Å². The van der Waals surface area contributed by atoms with Crippen LogP contribution in [0, 0.1) is 11.6 Å². The van der Waals surface area contributed by atoms with Gasteiger partial charge in [0.15, 0.2) is 5.96 Å². The molecule has 156 valence electrons. The lowest BCUT2D eigenvalue weighted by Gasteiger charge is -2.21. The van der Waals surface area contributed by atoms with Gasteiger partial charge >= 0.3 is 0 Å². The summed E-state index contributed by atoms with van der Waals surface area (Å²) < 4.78 is 27.3. The lowest BCUT2D eigenvalue weighted by atomic mass is 10.1. The van der Waals surface area contributed by atoms with Crippen molar-refractivity contribution in [2.45, 2.75) is 25.9 Å². The number of nitrogens with one attached hydrogen (secondary N) is 2. The molecule has 5 nitrogen and oxygen atoms in total. The minimum absolute atomic E-state index is 0.118. The van der Waals surface area contributed by atoms with Gasteiger partial charge in [-0.2, -0.15) is 0 Å². The van der Waals surface area contributed by atoms with Crippen molar-refractivity contribution in [3.63, 3.8) is 0 Å². The number of halogens is 2. The molecule has 0 saturated carbocycles. The van der Waals surface area contributed by atoms with Gasteiger partial charge in [0.05, 0.1) is 17.9 Å². The third kappa shape index (κ3) is 4.50. The maximum atomic E-state index is 14.1. The number of hydrogen-bond donors (Lipinski definition) is 2. The van der Waals surface area contributed by atoms with Crippen molar-refractivity contribution in [1.82, 2.24) is 15.6 Å². The summed E-state index contributed by atoms with van der Waals surface area (Å²) >= 11 is 0. The number of hydrogen-bond acceptors (Lipinski definition) is 3. The van der Waals surface area contributed by atoms with Gasteiger partial charge in [-0.05, 0) is 36.9 Å². The smallest absolute Gasteiger partial charge is 0.191 e. The van der Waals surface area contributed by atoms with Gasteiger partial charge in [0.1, 0.15) is 11.6 Å². The van der Waals surface area contributed by atoms with E-state index in [4.69, 9.17) is 4.99 Å². The average molecular weight is 409 g/mol. The highest BCUT2D eigenvalue weighted by Gasteiger charge is 2.25. The van der Waals surface area contributed by atoms with Crippen molar-refractivity contribution >= 4 is 22.4 Å². The number of nitrogens with zero attached hydrogens (tertiary/aromatic N) is 3. The first-order chi connectivity index (χ1) is 14.6. The molecule has 4 rings (SSSR count). The summed E-state index contributed by atoms with van der Waals surface area (Å²) in [5, 5.41) is 8.95. The molecule has 7 heteroatoms. The lowest BCUT2D eigenvalue weighted by Crippen LogP contribution is -2.44. The molecule has 2 N–H and O–H groups in total. The molecule has 1 unspecified atom stereocenters. The first kappa shape index (κ1) is 20.1. The highest BCUT2D eigenvalue weighted by molar-refractivity contribution is 5.85. The van der Waals surface area contributed by atoms with Crippen LogP contribution in [0.4, 0.5) is 14.5 Å². The van der Waals surface area contributed by atoms with Crippen LogP contribution < -0.4 is 15.5 Å². The van der Waals surface area contributed by atoms with E-state index in [9.17, 15) is 8.78 Å². The highest BCUT2D eigenvalue weighted by Crippen LogP contribution is 2.24. The second-order valence-electron chi connectivity index (χ2n) is 7.35. The lowest BCUT2D eigenvalue weighted by molar-refractivity contribution is 0.580. The van der Waals surface area contributed by atoms with Crippen LogP contribution in [0.3, 0.4) is 0 Å². The second kappa shape index (κ2) is 9.07. The third-order valence-electron chi connectivity index (χ3n) is 5.27. The highest BCUT2D eigenvalue weighted by atomic mass is 19.1. The van der Waals surface area contributed by atoms with Gasteiger partial charge in [-0.1, -0.05) is 24.3 Å². The SMILES string of the molecule is CCNC(=NCc1nccc2ccccc12)NC1CCN(c2ccc(F)cc2F)C1. The van der Waals surface area contributed by atoms with E-state index in [2.05, 4.69) is 27.8 Å². The number of guanidine groups is 1. The molecule has 3 aromatic rings. The van der Waals surface area contributed by atoms with Crippen LogP contribution in [0.25, 0.3) is 10.8 Å². The summed E-state index contributed by atoms with van der Waals surface area (Å²) in [6, 6.07) is 14.0. The number of aromatic nitrogens is 1. The van der Waals surface area contributed by atoms with Gasteiger partial charge in [-0.3, -0.25) is 4.98 Å². The normalized spacial score (nSPS) is 16.8. The molecule has 2 heterocycles. The summed E-state index contributed by atoms with van der Waals surface area (Å²) in [5.74, 6) is -0.384. The quantitative estimate of drug-likeness (QED) is 0.497. The number of benzene rings is 2. The van der Waals surface area contributed by atoms with Crippen LogP contribution in [0.5, 0.6) is 0 Å². The fraction of sp³-hybridized carbons (Fsp3) is 0.304. The molecular weight excluding hydrogens is 384 g/mol. The molecule has 0 amide bonds. The zero-order valence-corrected chi connectivity index (χ0v) is 16.9. The van der Waals surface area contributed by atoms with Crippen molar-refractivity contribution in [2.24, 2.45) is 4.99 Å². The Morgan fingerprint density at radius 2 is 2.07 bits per heavy atom. The third-order valence-corrected chi connectivity index (χ3v) is 5.27. The molecule has 2 aromatic carbocycles. The Hall–Kier alpha value is -3.22. The second-order valence-corrected chi connectivity index (χ2v) is 7.35. The first-order valence-electron chi connectivity index (χ1n) is 10.2. The summed E-state index contributed by atoms with van der Waals surface area (Å²) in [5.41, 5.74) is 1.36. The van der Waals surface area contributed by atoms with Gasteiger partial charge in [-0.25, -0.2) is 13.8 Å². The molecule has 1 aliphatic rings. The Morgan fingerprint density at radius 1 is 1.20 bits per heavy atom. The van der Waals surface area contributed by atoms with Gasteiger partial charge in [0.25, 0.3) is 0 Å². The Balaban J connectivity index is 1.44. The molecule has 0 radical (unpaired) electrons. The van der Waals surface area contributed by atoms with Crippen LogP contribution in [-0.2, 0) is 6.54 Å². The molecule has 1 aromatic heterocycles. The van der Waals surface area contributed by atoms with Crippen LogP contribution in [0.2, 0.25) is 0 Å². The first-order valence-corrected chi connectivity index (χ1v) is 10.2. The molecule has 1 aliphatic heterocycles. The molecule has 1 fully saturated rings. The van der Waals surface area contributed by atoms with E-state index < -0.39 is 11.6 Å². The van der Waals surface area contributed by atoms with Crippen LogP contribution in [0.1, 0.15) is 19.0 Å². The van der Waals surface area contributed by atoms with E-state index >= 15 is 0 Å². The predicted octanol–water partition coefficient (Wildman–Crippen LogP) is 3.85. The molecule has 1 saturated heterocycles. The van der Waals surface area contributed by atoms with Gasteiger partial charge in [0.2, 0.25) is 0 Å². The summed E-state index contributed by atoms with van der Waals surface area (Å²) in [7, 11) is 0. The summed E-state index contributed by atoms with van der Waals surface area (Å²) in [4.78, 5) is 11.1. The van der Waals surface area contributed by atoms with Crippen molar-refractivity contribution in [2.75, 3.05) is 24.5 Å². The van der Waals surface area contributed by atoms with Gasteiger partial charge in [0, 0.05) is 43.3 Å². The standard InChI is InChI=1S/C23H25F2N5/c1-2-26-23(28-14-21-19-6-4-3-5-16(19)9-11-27-21)29-18-10-12-30(15-18)22-8-7-17(24)13-20(22)25/h3-9,11,13,18H,2,10,12,14-15H2,1H3,(H2,26,28,29). The molecule has 1 atom stereocenters. The fourth-order valence-electron chi connectivity index (χ4n) is 3.81. The maximum absolute atomic E-state index is 14.1. The summed E-state index contributed by atoms with van der Waals surface area (Å²) in [6.07, 6.45) is 2.65. The zero-order valence-electron chi connectivity index (χ0n) is 16.9. The molecular formula is C23H25F2N5. The molecule has 0 spiro atoms. The number of rotatable bonds is 5. The topological polar surface area (TPSA) is 52.6 Å². The van der Waals surface area contributed by atoms with Crippen LogP contribution in [0.15, 0.2) is 59.7 Å². The maximum Gasteiger partial charge on any atom is 0.191 e. The number of anilines is 1. The molecule has 0 bridgehead atoms. The van der Waals surface area contributed by atoms with E-state index in [0.29, 0.717) is 31.3 Å². The van der Waals surface area contributed by atoms with Crippen molar-refractivity contribution < 1.29 is 8.78 Å². The number of fused-ring (bicyclic) bond motifs is 1. The van der Waals surface area contributed by atoms with E-state index in [-0.39, 0.29) is 6.04 Å². The van der Waals surface area contributed by atoms with Gasteiger partial charge < -0.3 is 15.5 Å². The Kier molecular flexibility index (Phi) is 6.07. The van der Waals surface area contributed by atoms with E-state index in [1.807, 2.05) is 30.0 Å². The van der Waals surface area contributed by atoms with Crippen molar-refractivity contribution in [1.29, 1.82) is 0 Å². The zero-order chi connectivity index (χ0) is 20.9. The van der Waals surface area contributed by atoms with Crippen LogP contribution >= 0.6 is 0 Å². The average Bonchev–Trinajstić information content (AvgIpc) is 3.20. The Bertz CT molecular complexity index is 1050. The van der Waals surface area contributed by atoms with E-state index in [1.165, 1.54) is 12.1 Å². The number of pyridine rings is 1. The fourth-order valence-corrected chi connectivity index (χ4v) is 3.81. The number of aliphatic imine (C=N–C) groups is 1. The predicted molar refractivity (Wildman–Crippen MR) is 117 cm³/mol. The molecule has 30 heavy (non-hydrogen) atoms. The van der Waals surface area contributed by atoms with Crippen molar-refractivity contribution in [3.05, 3.63) is 72.1 Å².